The van der Waals surface area contributed by atoms with Gasteiger partial charge in [0.2, 0.25) is 0 Å². The second-order valence-corrected chi connectivity index (χ2v) is 6.02. The van der Waals surface area contributed by atoms with Crippen molar-refractivity contribution in [2.24, 2.45) is 0 Å². The molecule has 3 heteroatoms. The average molecular weight is 310 g/mol. The van der Waals surface area contributed by atoms with Crippen LogP contribution in [0.15, 0.2) is 54.7 Å². The van der Waals surface area contributed by atoms with E-state index in [1.165, 1.54) is 17.2 Å². The highest BCUT2D eigenvalue weighted by atomic mass is 19.1. The topological polar surface area (TPSA) is 19.0 Å². The Balaban J connectivity index is 1.69. The molecule has 2 nitrogen and oxygen atoms in total. The Morgan fingerprint density at radius 3 is 2.65 bits per heavy atom. The van der Waals surface area contributed by atoms with Crippen LogP contribution < -0.4 is 0 Å². The van der Waals surface area contributed by atoms with Crippen molar-refractivity contribution in [1.29, 1.82) is 0 Å². The van der Waals surface area contributed by atoms with Crippen LogP contribution in [0.2, 0.25) is 0 Å². The summed E-state index contributed by atoms with van der Waals surface area (Å²) in [5, 5.41) is 1.00. The van der Waals surface area contributed by atoms with Crippen molar-refractivity contribution in [2.75, 3.05) is 13.1 Å². The monoisotopic (exact) mass is 310 g/mol. The van der Waals surface area contributed by atoms with Crippen molar-refractivity contribution in [1.82, 2.24) is 9.88 Å². The van der Waals surface area contributed by atoms with E-state index in [0.29, 0.717) is 0 Å². The molecule has 1 aromatic heterocycles. The molecule has 0 bridgehead atoms. The maximum absolute atomic E-state index is 13.5. The summed E-state index contributed by atoms with van der Waals surface area (Å²) in [4.78, 5) is 5.70. The van der Waals surface area contributed by atoms with Crippen molar-refractivity contribution < 1.29 is 4.39 Å². The SMILES string of the molecule is CCCN(CCc1c[nH]c2ccc(F)cc12)Cc1ccccc1. The van der Waals surface area contributed by atoms with E-state index in [1.807, 2.05) is 18.3 Å². The quantitative estimate of drug-likeness (QED) is 0.666. The van der Waals surface area contributed by atoms with Gasteiger partial charge in [-0.2, -0.15) is 0 Å². The van der Waals surface area contributed by atoms with Crippen LogP contribution in [0.4, 0.5) is 4.39 Å². The molecule has 0 amide bonds. The summed E-state index contributed by atoms with van der Waals surface area (Å²) in [6.45, 7) is 5.22. The molecule has 0 aliphatic heterocycles. The van der Waals surface area contributed by atoms with E-state index < -0.39 is 0 Å². The van der Waals surface area contributed by atoms with E-state index >= 15 is 0 Å². The van der Waals surface area contributed by atoms with Crippen LogP contribution in [0.3, 0.4) is 0 Å². The molecule has 23 heavy (non-hydrogen) atoms. The van der Waals surface area contributed by atoms with Crippen molar-refractivity contribution in [3.63, 3.8) is 0 Å². The van der Waals surface area contributed by atoms with Gasteiger partial charge in [0.25, 0.3) is 0 Å². The Bertz CT molecular complexity index is 749. The third kappa shape index (κ3) is 3.99. The summed E-state index contributed by atoms with van der Waals surface area (Å²) in [7, 11) is 0. The van der Waals surface area contributed by atoms with Crippen LogP contribution in [0.25, 0.3) is 10.9 Å². The van der Waals surface area contributed by atoms with Gasteiger partial charge in [0.15, 0.2) is 0 Å². The Kier molecular flexibility index (Phi) is 5.09. The molecule has 0 atom stereocenters. The minimum atomic E-state index is -0.173. The van der Waals surface area contributed by atoms with Gasteiger partial charge in [-0.1, -0.05) is 37.3 Å². The molecule has 0 spiro atoms. The van der Waals surface area contributed by atoms with E-state index in [0.717, 1.165) is 43.4 Å². The Labute approximate surface area is 136 Å². The molecule has 3 aromatic rings. The number of halogens is 1. The van der Waals surface area contributed by atoms with Crippen LogP contribution >= 0.6 is 0 Å². The molecule has 0 aliphatic rings. The highest BCUT2D eigenvalue weighted by molar-refractivity contribution is 5.83. The van der Waals surface area contributed by atoms with Crippen LogP contribution in [0.1, 0.15) is 24.5 Å². The largest absolute Gasteiger partial charge is 0.361 e. The van der Waals surface area contributed by atoms with Crippen molar-refractivity contribution in [3.8, 4) is 0 Å². The lowest BCUT2D eigenvalue weighted by Gasteiger charge is -2.21. The zero-order valence-electron chi connectivity index (χ0n) is 13.6. The molecule has 0 saturated heterocycles. The van der Waals surface area contributed by atoms with Gasteiger partial charge in [-0.15, -0.1) is 0 Å². The van der Waals surface area contributed by atoms with Gasteiger partial charge in [-0.05, 0) is 48.7 Å². The first kappa shape index (κ1) is 15.8. The number of H-pyrrole nitrogens is 1. The van der Waals surface area contributed by atoms with Crippen LogP contribution in [-0.2, 0) is 13.0 Å². The first-order valence-electron chi connectivity index (χ1n) is 8.28. The number of rotatable bonds is 7. The third-order valence-corrected chi connectivity index (χ3v) is 4.22. The predicted molar refractivity (Wildman–Crippen MR) is 94.0 cm³/mol. The summed E-state index contributed by atoms with van der Waals surface area (Å²) in [6.07, 6.45) is 4.07. The molecular weight excluding hydrogens is 287 g/mol. The zero-order valence-corrected chi connectivity index (χ0v) is 13.6. The minimum absolute atomic E-state index is 0.173. The lowest BCUT2D eigenvalue weighted by Crippen LogP contribution is -2.26. The number of nitrogens with one attached hydrogen (secondary N) is 1. The van der Waals surface area contributed by atoms with Gasteiger partial charge in [0, 0.05) is 30.2 Å². The fourth-order valence-electron chi connectivity index (χ4n) is 3.06. The maximum atomic E-state index is 13.5. The van der Waals surface area contributed by atoms with Gasteiger partial charge >= 0.3 is 0 Å². The number of nitrogens with zero attached hydrogens (tertiary/aromatic N) is 1. The molecule has 0 fully saturated rings. The lowest BCUT2D eigenvalue weighted by molar-refractivity contribution is 0.269. The number of hydrogen-bond donors (Lipinski definition) is 1. The van der Waals surface area contributed by atoms with E-state index in [-0.39, 0.29) is 5.82 Å². The van der Waals surface area contributed by atoms with Gasteiger partial charge in [0.1, 0.15) is 5.82 Å². The summed E-state index contributed by atoms with van der Waals surface area (Å²) >= 11 is 0. The first-order valence-corrected chi connectivity index (χ1v) is 8.28. The smallest absolute Gasteiger partial charge is 0.123 e. The van der Waals surface area contributed by atoms with Crippen LogP contribution in [-0.4, -0.2) is 23.0 Å². The van der Waals surface area contributed by atoms with Gasteiger partial charge in [-0.3, -0.25) is 4.90 Å². The Morgan fingerprint density at radius 1 is 1.04 bits per heavy atom. The molecule has 1 N–H and O–H groups in total. The fraction of sp³-hybridized carbons (Fsp3) is 0.300. The molecule has 0 aliphatic carbocycles. The Hall–Kier alpha value is -2.13. The summed E-state index contributed by atoms with van der Waals surface area (Å²) in [5.41, 5.74) is 3.53. The molecule has 120 valence electrons. The maximum Gasteiger partial charge on any atom is 0.123 e. The van der Waals surface area contributed by atoms with E-state index in [2.05, 4.69) is 41.1 Å². The highest BCUT2D eigenvalue weighted by Gasteiger charge is 2.09. The second kappa shape index (κ2) is 7.42. The molecule has 0 radical (unpaired) electrons. The minimum Gasteiger partial charge on any atom is -0.361 e. The second-order valence-electron chi connectivity index (χ2n) is 6.02. The van der Waals surface area contributed by atoms with E-state index in [4.69, 9.17) is 0 Å². The van der Waals surface area contributed by atoms with Crippen molar-refractivity contribution >= 4 is 10.9 Å². The predicted octanol–water partition coefficient (Wildman–Crippen LogP) is 4.76. The average Bonchev–Trinajstić information content (AvgIpc) is 2.96. The van der Waals surface area contributed by atoms with Gasteiger partial charge in [-0.25, -0.2) is 4.39 Å². The molecule has 1 heterocycles. The van der Waals surface area contributed by atoms with Crippen molar-refractivity contribution in [2.45, 2.75) is 26.3 Å². The molecule has 0 saturated carbocycles. The lowest BCUT2D eigenvalue weighted by atomic mass is 10.1. The van der Waals surface area contributed by atoms with E-state index in [1.54, 1.807) is 6.07 Å². The van der Waals surface area contributed by atoms with E-state index in [9.17, 15) is 4.39 Å². The first-order chi connectivity index (χ1) is 11.3. The van der Waals surface area contributed by atoms with Crippen LogP contribution in [0, 0.1) is 5.82 Å². The molecule has 2 aromatic carbocycles. The number of benzene rings is 2. The van der Waals surface area contributed by atoms with Crippen molar-refractivity contribution in [3.05, 3.63) is 71.7 Å². The number of fused-ring (bicyclic) bond motifs is 1. The normalized spacial score (nSPS) is 11.4. The van der Waals surface area contributed by atoms with Crippen LogP contribution in [0.5, 0.6) is 0 Å². The third-order valence-electron chi connectivity index (χ3n) is 4.22. The summed E-state index contributed by atoms with van der Waals surface area (Å²) in [5.74, 6) is -0.173. The standard InChI is InChI=1S/C20H23FN2/c1-2-11-23(15-16-6-4-3-5-7-16)12-10-17-14-22-20-9-8-18(21)13-19(17)20/h3-9,13-14,22H,2,10-12,15H2,1H3. The summed E-state index contributed by atoms with van der Waals surface area (Å²) in [6, 6.07) is 15.5. The highest BCUT2D eigenvalue weighted by Crippen LogP contribution is 2.20. The Morgan fingerprint density at radius 2 is 1.87 bits per heavy atom. The number of aromatic nitrogens is 1. The number of hydrogen-bond acceptors (Lipinski definition) is 1. The molecule has 3 rings (SSSR count). The fourth-order valence-corrected chi connectivity index (χ4v) is 3.06. The van der Waals surface area contributed by atoms with Gasteiger partial charge in [0.05, 0.1) is 0 Å². The molecule has 0 unspecified atom stereocenters. The summed E-state index contributed by atoms with van der Waals surface area (Å²) < 4.78 is 13.5. The van der Waals surface area contributed by atoms with Gasteiger partial charge < -0.3 is 4.98 Å². The molecular formula is C20H23FN2. The zero-order chi connectivity index (χ0) is 16.1. The number of aromatic amines is 1.